The zero-order valence-corrected chi connectivity index (χ0v) is 13.8. The SMILES string of the molecule is Cc1ccccc1C(C)NCc1nc(C(C)(C)C)cs1. The lowest BCUT2D eigenvalue weighted by Gasteiger charge is -2.16. The summed E-state index contributed by atoms with van der Waals surface area (Å²) in [5.74, 6) is 0. The molecule has 1 aromatic carbocycles. The van der Waals surface area contributed by atoms with Gasteiger partial charge in [-0.05, 0) is 25.0 Å². The molecule has 1 N–H and O–H groups in total. The van der Waals surface area contributed by atoms with Gasteiger partial charge in [0.05, 0.1) is 5.69 Å². The molecule has 0 spiro atoms. The molecule has 0 aliphatic heterocycles. The molecule has 0 aliphatic rings. The number of hydrogen-bond acceptors (Lipinski definition) is 3. The van der Waals surface area contributed by atoms with Gasteiger partial charge in [-0.1, -0.05) is 45.0 Å². The third-order valence-electron chi connectivity index (χ3n) is 3.53. The van der Waals surface area contributed by atoms with Gasteiger partial charge in [0.2, 0.25) is 0 Å². The van der Waals surface area contributed by atoms with E-state index >= 15 is 0 Å². The van der Waals surface area contributed by atoms with Crippen molar-refractivity contribution >= 4 is 11.3 Å². The molecule has 20 heavy (non-hydrogen) atoms. The molecule has 1 atom stereocenters. The minimum absolute atomic E-state index is 0.135. The third kappa shape index (κ3) is 3.68. The number of aryl methyl sites for hydroxylation is 1. The highest BCUT2D eigenvalue weighted by molar-refractivity contribution is 7.09. The summed E-state index contributed by atoms with van der Waals surface area (Å²) in [5, 5.41) is 6.91. The predicted octanol–water partition coefficient (Wildman–Crippen LogP) is 4.60. The van der Waals surface area contributed by atoms with Gasteiger partial charge in [0.15, 0.2) is 0 Å². The van der Waals surface area contributed by atoms with E-state index in [2.05, 4.69) is 69.6 Å². The Labute approximate surface area is 126 Å². The van der Waals surface area contributed by atoms with E-state index in [4.69, 9.17) is 4.98 Å². The van der Waals surface area contributed by atoms with Crippen LogP contribution in [0.5, 0.6) is 0 Å². The van der Waals surface area contributed by atoms with E-state index in [1.165, 1.54) is 16.8 Å². The third-order valence-corrected chi connectivity index (χ3v) is 4.38. The standard InChI is InChI=1S/C17H24N2S/c1-12-8-6-7-9-14(12)13(2)18-10-16-19-15(11-20-16)17(3,4)5/h6-9,11,13,18H,10H2,1-5H3. The summed E-state index contributed by atoms with van der Waals surface area (Å²) in [4.78, 5) is 4.73. The fourth-order valence-electron chi connectivity index (χ4n) is 2.16. The lowest BCUT2D eigenvalue weighted by molar-refractivity contribution is 0.553. The van der Waals surface area contributed by atoms with E-state index in [9.17, 15) is 0 Å². The summed E-state index contributed by atoms with van der Waals surface area (Å²) in [6.07, 6.45) is 0. The van der Waals surface area contributed by atoms with E-state index in [0.29, 0.717) is 6.04 Å². The summed E-state index contributed by atoms with van der Waals surface area (Å²) >= 11 is 1.74. The van der Waals surface area contributed by atoms with Crippen LogP contribution in [0.15, 0.2) is 29.6 Å². The average Bonchev–Trinajstić information content (AvgIpc) is 2.85. The van der Waals surface area contributed by atoms with Crippen molar-refractivity contribution in [3.63, 3.8) is 0 Å². The number of rotatable bonds is 4. The van der Waals surface area contributed by atoms with Crippen molar-refractivity contribution in [2.75, 3.05) is 0 Å². The highest BCUT2D eigenvalue weighted by Gasteiger charge is 2.17. The highest BCUT2D eigenvalue weighted by atomic mass is 32.1. The first-order valence-corrected chi connectivity index (χ1v) is 7.99. The Bertz CT molecular complexity index is 566. The zero-order chi connectivity index (χ0) is 14.8. The van der Waals surface area contributed by atoms with Crippen LogP contribution in [0.1, 0.15) is 55.6 Å². The molecule has 2 nitrogen and oxygen atoms in total. The second-order valence-corrected chi connectivity index (χ2v) is 7.28. The number of thiazole rings is 1. The van der Waals surface area contributed by atoms with Crippen LogP contribution in [0.25, 0.3) is 0 Å². The maximum Gasteiger partial charge on any atom is 0.107 e. The first-order valence-electron chi connectivity index (χ1n) is 7.11. The van der Waals surface area contributed by atoms with Crippen LogP contribution in [0.2, 0.25) is 0 Å². The molecule has 0 bridgehead atoms. The Balaban J connectivity index is 1.99. The highest BCUT2D eigenvalue weighted by Crippen LogP contribution is 2.24. The topological polar surface area (TPSA) is 24.9 Å². The molecule has 0 fully saturated rings. The fourth-order valence-corrected chi connectivity index (χ4v) is 3.13. The largest absolute Gasteiger partial charge is 0.304 e. The monoisotopic (exact) mass is 288 g/mol. The molecule has 2 aromatic rings. The van der Waals surface area contributed by atoms with Gasteiger partial charge in [-0.3, -0.25) is 0 Å². The van der Waals surface area contributed by atoms with Gasteiger partial charge in [0, 0.05) is 23.4 Å². The Morgan fingerprint density at radius 3 is 2.55 bits per heavy atom. The van der Waals surface area contributed by atoms with E-state index in [1.807, 2.05) is 0 Å². The van der Waals surface area contributed by atoms with Gasteiger partial charge in [-0.2, -0.15) is 0 Å². The molecule has 108 valence electrons. The smallest absolute Gasteiger partial charge is 0.107 e. The Kier molecular flexibility index (Phi) is 4.61. The molecule has 2 rings (SSSR count). The Morgan fingerprint density at radius 1 is 1.25 bits per heavy atom. The summed E-state index contributed by atoms with van der Waals surface area (Å²) in [6.45, 7) is 11.8. The molecular formula is C17H24N2S. The van der Waals surface area contributed by atoms with Crippen molar-refractivity contribution in [2.24, 2.45) is 0 Å². The quantitative estimate of drug-likeness (QED) is 0.889. The van der Waals surface area contributed by atoms with E-state index in [0.717, 1.165) is 11.6 Å². The Morgan fingerprint density at radius 2 is 1.95 bits per heavy atom. The number of nitrogens with zero attached hydrogens (tertiary/aromatic N) is 1. The molecule has 0 saturated heterocycles. The number of benzene rings is 1. The van der Waals surface area contributed by atoms with Crippen LogP contribution in [-0.2, 0) is 12.0 Å². The zero-order valence-electron chi connectivity index (χ0n) is 13.0. The van der Waals surface area contributed by atoms with Gasteiger partial charge in [-0.15, -0.1) is 11.3 Å². The van der Waals surface area contributed by atoms with E-state index < -0.39 is 0 Å². The minimum Gasteiger partial charge on any atom is -0.304 e. The Hall–Kier alpha value is -1.19. The van der Waals surface area contributed by atoms with Crippen LogP contribution < -0.4 is 5.32 Å². The molecule has 1 unspecified atom stereocenters. The minimum atomic E-state index is 0.135. The maximum atomic E-state index is 4.73. The van der Waals surface area contributed by atoms with Crippen molar-refractivity contribution in [1.29, 1.82) is 0 Å². The van der Waals surface area contributed by atoms with Crippen molar-refractivity contribution in [3.05, 3.63) is 51.5 Å². The molecule has 3 heteroatoms. The van der Waals surface area contributed by atoms with Crippen molar-refractivity contribution in [2.45, 2.75) is 52.6 Å². The normalized spacial score (nSPS) is 13.4. The molecule has 0 radical (unpaired) electrons. The number of aromatic nitrogens is 1. The molecule has 0 saturated carbocycles. The van der Waals surface area contributed by atoms with Gasteiger partial charge in [0.25, 0.3) is 0 Å². The van der Waals surface area contributed by atoms with Crippen LogP contribution in [0.3, 0.4) is 0 Å². The number of hydrogen-bond donors (Lipinski definition) is 1. The molecule has 0 aliphatic carbocycles. The van der Waals surface area contributed by atoms with Crippen molar-refractivity contribution < 1.29 is 0 Å². The van der Waals surface area contributed by atoms with Crippen LogP contribution in [0, 0.1) is 6.92 Å². The van der Waals surface area contributed by atoms with Crippen LogP contribution in [0.4, 0.5) is 0 Å². The maximum absolute atomic E-state index is 4.73. The first-order chi connectivity index (χ1) is 9.38. The lowest BCUT2D eigenvalue weighted by Crippen LogP contribution is -2.19. The average molecular weight is 288 g/mol. The van der Waals surface area contributed by atoms with E-state index in [-0.39, 0.29) is 5.41 Å². The summed E-state index contributed by atoms with van der Waals surface area (Å²) in [7, 11) is 0. The molecule has 1 aromatic heterocycles. The van der Waals surface area contributed by atoms with Crippen LogP contribution >= 0.6 is 11.3 Å². The summed E-state index contributed by atoms with van der Waals surface area (Å²) in [5.41, 5.74) is 4.01. The lowest BCUT2D eigenvalue weighted by atomic mass is 9.93. The summed E-state index contributed by atoms with van der Waals surface area (Å²) in [6, 6.07) is 8.88. The summed E-state index contributed by atoms with van der Waals surface area (Å²) < 4.78 is 0. The van der Waals surface area contributed by atoms with Gasteiger partial charge in [0.1, 0.15) is 5.01 Å². The van der Waals surface area contributed by atoms with Gasteiger partial charge in [-0.25, -0.2) is 4.98 Å². The fraction of sp³-hybridized carbons (Fsp3) is 0.471. The van der Waals surface area contributed by atoms with Gasteiger partial charge >= 0.3 is 0 Å². The van der Waals surface area contributed by atoms with Crippen molar-refractivity contribution in [1.82, 2.24) is 10.3 Å². The second kappa shape index (κ2) is 6.06. The predicted molar refractivity (Wildman–Crippen MR) is 87.2 cm³/mol. The number of nitrogens with one attached hydrogen (secondary N) is 1. The first kappa shape index (κ1) is 15.2. The second-order valence-electron chi connectivity index (χ2n) is 6.34. The molecular weight excluding hydrogens is 264 g/mol. The van der Waals surface area contributed by atoms with Gasteiger partial charge < -0.3 is 5.32 Å². The van der Waals surface area contributed by atoms with Crippen molar-refractivity contribution in [3.8, 4) is 0 Å². The van der Waals surface area contributed by atoms with E-state index in [1.54, 1.807) is 11.3 Å². The van der Waals surface area contributed by atoms with Crippen LogP contribution in [-0.4, -0.2) is 4.98 Å². The molecule has 0 amide bonds. The molecule has 1 heterocycles.